The maximum atomic E-state index is 10.9. The molecule has 1 aliphatic carbocycles. The van der Waals surface area contributed by atoms with Gasteiger partial charge >= 0.3 is 5.90 Å². The summed E-state index contributed by atoms with van der Waals surface area (Å²) in [6.45, 7) is 6.44. The lowest BCUT2D eigenvalue weighted by molar-refractivity contribution is -0.539. The average molecular weight is 533 g/mol. The first-order valence-corrected chi connectivity index (χ1v) is 14.5. The monoisotopic (exact) mass is 532 g/mol. The first kappa shape index (κ1) is 27.2. The Morgan fingerprint density at radius 3 is 2.38 bits per heavy atom. The van der Waals surface area contributed by atoms with Gasteiger partial charge in [0.2, 0.25) is 5.95 Å². The molecule has 0 amide bonds. The predicted molar refractivity (Wildman–Crippen MR) is 155 cm³/mol. The van der Waals surface area contributed by atoms with Crippen LogP contribution in [0.25, 0.3) is 5.57 Å². The molecule has 1 aromatic carbocycles. The molecule has 5 rings (SSSR count). The Hall–Kier alpha value is -3.42. The number of ether oxygens (including phenoxy) is 1. The number of piperidine rings is 2. The van der Waals surface area contributed by atoms with Crippen molar-refractivity contribution in [3.05, 3.63) is 53.9 Å². The first-order chi connectivity index (χ1) is 19.1. The molecule has 8 nitrogen and oxygen atoms in total. The fraction of sp³-hybridized carbons (Fsp3) is 0.548. The lowest BCUT2D eigenvalue weighted by atomic mass is 9.86. The lowest BCUT2D eigenvalue weighted by Crippen LogP contribution is -2.36. The number of nitrogens with zero attached hydrogens (tertiary/aromatic N) is 5. The van der Waals surface area contributed by atoms with Gasteiger partial charge in [0.25, 0.3) is 0 Å². The predicted octanol–water partition coefficient (Wildman–Crippen LogP) is 5.28. The summed E-state index contributed by atoms with van der Waals surface area (Å²) in [5.41, 5.74) is 4.87. The van der Waals surface area contributed by atoms with Gasteiger partial charge in [-0.2, -0.15) is 0 Å². The third kappa shape index (κ3) is 6.97. The molecule has 0 spiro atoms. The maximum absolute atomic E-state index is 10.9. The number of oxime groups is 1. The summed E-state index contributed by atoms with van der Waals surface area (Å²) in [4.78, 5) is 16.3. The van der Waals surface area contributed by atoms with E-state index in [9.17, 15) is 5.11 Å². The van der Waals surface area contributed by atoms with Gasteiger partial charge in [-0.3, -0.25) is 0 Å². The van der Waals surface area contributed by atoms with Crippen molar-refractivity contribution in [1.29, 1.82) is 0 Å². The Bertz CT molecular complexity index is 1170. The number of aliphatic hydroxyl groups excluding tert-OH is 1. The van der Waals surface area contributed by atoms with E-state index < -0.39 is 0 Å². The van der Waals surface area contributed by atoms with Crippen molar-refractivity contribution in [1.82, 2.24) is 9.97 Å². The van der Waals surface area contributed by atoms with Crippen molar-refractivity contribution in [3.63, 3.8) is 0 Å². The molecule has 2 aliphatic heterocycles. The Kier molecular flexibility index (Phi) is 9.12. The van der Waals surface area contributed by atoms with E-state index in [1.54, 1.807) is 7.11 Å². The second-order valence-corrected chi connectivity index (χ2v) is 10.9. The topological polar surface area (TPSA) is 83.1 Å². The number of benzene rings is 1. The number of hydrogen-bond donors (Lipinski definition) is 1. The number of aryl methyl sites for hydroxylation is 1. The molecule has 0 saturated carbocycles. The molecular formula is C31H42N5O3+. The van der Waals surface area contributed by atoms with Gasteiger partial charge in [-0.25, -0.2) is 14.5 Å². The smallest absolute Gasteiger partial charge is 0.337 e. The average Bonchev–Trinajstić information content (AvgIpc) is 3.01. The van der Waals surface area contributed by atoms with Gasteiger partial charge in [0.1, 0.15) is 12.9 Å². The van der Waals surface area contributed by atoms with Crippen LogP contribution in [0, 0.1) is 11.8 Å². The van der Waals surface area contributed by atoms with Crippen LogP contribution >= 0.6 is 0 Å². The van der Waals surface area contributed by atoms with E-state index in [1.165, 1.54) is 16.7 Å². The highest BCUT2D eigenvalue weighted by Gasteiger charge is 2.29. The van der Waals surface area contributed by atoms with Gasteiger partial charge in [-0.05, 0) is 73.3 Å². The summed E-state index contributed by atoms with van der Waals surface area (Å²) in [5.74, 6) is 3.07. The number of rotatable bonds is 8. The van der Waals surface area contributed by atoms with Crippen LogP contribution in [0.3, 0.4) is 0 Å². The molecule has 39 heavy (non-hydrogen) atoms. The normalized spacial score (nSPS) is 20.4. The third-order valence-corrected chi connectivity index (χ3v) is 8.37. The van der Waals surface area contributed by atoms with Crippen molar-refractivity contribution in [2.24, 2.45) is 17.0 Å². The van der Waals surface area contributed by atoms with Crippen LogP contribution in [0.5, 0.6) is 5.75 Å². The minimum Gasteiger partial charge on any atom is -0.493 e. The van der Waals surface area contributed by atoms with Crippen molar-refractivity contribution in [3.8, 4) is 5.75 Å². The van der Waals surface area contributed by atoms with Crippen LogP contribution in [0.15, 0.2) is 47.9 Å². The molecule has 0 radical (unpaired) electrons. The standard InChI is InChI=1S/C31H41N5O3/c1-3-23-20-32-31(33-21-23)36-16-12-24(13-17-36)22-39-29-10-8-26(9-11-29)25-4-6-27(7-5-25)30(37)35-18-14-28(15-19-35)34-38-2/h4,8-11,20-21,24,27H,3,5-7,12-19,22H2,1-2H3/p+1. The highest BCUT2D eigenvalue weighted by molar-refractivity contribution is 5.85. The number of hydrogen-bond acceptors (Lipinski definition) is 6. The van der Waals surface area contributed by atoms with Crippen LogP contribution in [0.4, 0.5) is 5.95 Å². The van der Waals surface area contributed by atoms with E-state index >= 15 is 0 Å². The van der Waals surface area contributed by atoms with Crippen molar-refractivity contribution in [2.75, 3.05) is 44.8 Å². The van der Waals surface area contributed by atoms with Gasteiger partial charge in [0.15, 0.2) is 13.1 Å². The lowest BCUT2D eigenvalue weighted by Gasteiger charge is -2.31. The Balaban J connectivity index is 1.07. The fourth-order valence-electron chi connectivity index (χ4n) is 5.78. The molecule has 1 aromatic heterocycles. The minimum atomic E-state index is 0.200. The zero-order valence-corrected chi connectivity index (χ0v) is 23.4. The number of allylic oxidation sites excluding steroid dienone is 2. The van der Waals surface area contributed by atoms with Crippen LogP contribution in [-0.2, 0) is 11.3 Å². The van der Waals surface area contributed by atoms with Crippen molar-refractivity contribution >= 4 is 23.1 Å². The Labute approximate surface area is 232 Å². The van der Waals surface area contributed by atoms with E-state index in [0.29, 0.717) is 11.8 Å². The van der Waals surface area contributed by atoms with Gasteiger partial charge in [0, 0.05) is 38.3 Å². The number of aromatic nitrogens is 2. The van der Waals surface area contributed by atoms with E-state index in [4.69, 9.17) is 9.57 Å². The molecule has 0 bridgehead atoms. The summed E-state index contributed by atoms with van der Waals surface area (Å²) in [7, 11) is 1.59. The summed E-state index contributed by atoms with van der Waals surface area (Å²) < 4.78 is 8.29. The van der Waals surface area contributed by atoms with Gasteiger partial charge in [-0.1, -0.05) is 30.3 Å². The van der Waals surface area contributed by atoms with Crippen molar-refractivity contribution < 1.29 is 19.3 Å². The van der Waals surface area contributed by atoms with Crippen LogP contribution < -0.4 is 9.64 Å². The van der Waals surface area contributed by atoms with Crippen molar-refractivity contribution in [2.45, 2.75) is 58.3 Å². The highest BCUT2D eigenvalue weighted by atomic mass is 16.6. The largest absolute Gasteiger partial charge is 0.493 e. The number of aliphatic hydroxyl groups is 1. The third-order valence-electron chi connectivity index (χ3n) is 8.37. The van der Waals surface area contributed by atoms with Crippen LogP contribution in [0.1, 0.15) is 63.0 Å². The molecule has 208 valence electrons. The molecule has 2 aromatic rings. The fourth-order valence-corrected chi connectivity index (χ4v) is 5.78. The molecule has 1 atom stereocenters. The summed E-state index contributed by atoms with van der Waals surface area (Å²) in [6, 6.07) is 8.53. The zero-order chi connectivity index (χ0) is 27.0. The summed E-state index contributed by atoms with van der Waals surface area (Å²) in [6.07, 6.45) is 13.9. The van der Waals surface area contributed by atoms with Crippen LogP contribution in [-0.4, -0.2) is 71.2 Å². The minimum absolute atomic E-state index is 0.200. The molecule has 3 heterocycles. The van der Waals surface area contributed by atoms with E-state index in [2.05, 4.69) is 61.9 Å². The molecule has 2 saturated heterocycles. The SMILES string of the molecule is CCc1cnc(N2CCC(COc3ccc(C4=CCC(C(O)=[N+]5CCC(=NOC)CC5)CC4)cc3)CC2)nc1. The zero-order valence-electron chi connectivity index (χ0n) is 23.4. The van der Waals surface area contributed by atoms with Gasteiger partial charge in [-0.15, -0.1) is 0 Å². The molecule has 1 N–H and O–H groups in total. The molecule has 1 unspecified atom stereocenters. The summed E-state index contributed by atoms with van der Waals surface area (Å²) >= 11 is 0. The Morgan fingerprint density at radius 1 is 1.05 bits per heavy atom. The van der Waals surface area contributed by atoms with E-state index in [-0.39, 0.29) is 5.92 Å². The second-order valence-electron chi connectivity index (χ2n) is 10.9. The highest BCUT2D eigenvalue weighted by Crippen LogP contribution is 2.32. The van der Waals surface area contributed by atoms with Gasteiger partial charge < -0.3 is 19.6 Å². The van der Waals surface area contributed by atoms with Crippen LogP contribution in [0.2, 0.25) is 0 Å². The summed E-state index contributed by atoms with van der Waals surface area (Å²) in [5, 5.41) is 15.0. The molecule has 3 aliphatic rings. The Morgan fingerprint density at radius 2 is 1.77 bits per heavy atom. The van der Waals surface area contributed by atoms with Gasteiger partial charge in [0.05, 0.1) is 18.2 Å². The number of anilines is 1. The van der Waals surface area contributed by atoms with E-state index in [1.807, 2.05) is 12.4 Å². The molecule has 2 fully saturated rings. The van der Waals surface area contributed by atoms with E-state index in [0.717, 1.165) is 102 Å². The molecule has 8 heteroatoms. The quantitative estimate of drug-likeness (QED) is 0.283. The second kappa shape index (κ2) is 13.1. The first-order valence-electron chi connectivity index (χ1n) is 14.5. The molecular weight excluding hydrogens is 490 g/mol. The maximum Gasteiger partial charge on any atom is 0.337 e.